The number of sulfonamides is 1. The fourth-order valence-electron chi connectivity index (χ4n) is 1.48. The highest BCUT2D eigenvalue weighted by Crippen LogP contribution is 2.12. The van der Waals surface area contributed by atoms with Crippen LogP contribution in [0.5, 0.6) is 0 Å². The highest BCUT2D eigenvalue weighted by molar-refractivity contribution is 7.89. The highest BCUT2D eigenvalue weighted by Gasteiger charge is 2.15. The second kappa shape index (κ2) is 5.52. The molecule has 0 bridgehead atoms. The summed E-state index contributed by atoms with van der Waals surface area (Å²) in [6, 6.07) is 9.55. The Morgan fingerprint density at radius 1 is 1.32 bits per heavy atom. The van der Waals surface area contributed by atoms with E-state index in [1.807, 2.05) is 0 Å². The molecule has 0 saturated carbocycles. The van der Waals surface area contributed by atoms with Crippen molar-refractivity contribution in [2.24, 2.45) is 5.73 Å². The second-order valence-corrected chi connectivity index (χ2v) is 6.00. The van der Waals surface area contributed by atoms with E-state index in [2.05, 4.69) is 4.72 Å². The van der Waals surface area contributed by atoms with Gasteiger partial charge in [0.2, 0.25) is 10.0 Å². The van der Waals surface area contributed by atoms with Gasteiger partial charge in [0, 0.05) is 5.56 Å². The van der Waals surface area contributed by atoms with Gasteiger partial charge in [-0.2, -0.15) is 0 Å². The molecule has 2 rings (SSSR count). The van der Waals surface area contributed by atoms with Crippen LogP contribution in [-0.2, 0) is 16.6 Å². The van der Waals surface area contributed by atoms with E-state index >= 15 is 0 Å². The van der Waals surface area contributed by atoms with Crippen molar-refractivity contribution in [3.63, 3.8) is 0 Å². The van der Waals surface area contributed by atoms with Crippen LogP contribution in [0.4, 0.5) is 0 Å². The molecule has 0 unspecified atom stereocenters. The molecule has 0 aliphatic rings. The van der Waals surface area contributed by atoms with Gasteiger partial charge in [0.15, 0.2) is 0 Å². The molecule has 0 fully saturated rings. The fraction of sp³-hybridized carbons (Fsp3) is 0.0833. The lowest BCUT2D eigenvalue weighted by Gasteiger charge is -2.06. The fourth-order valence-corrected chi connectivity index (χ4v) is 2.64. The van der Waals surface area contributed by atoms with Crippen molar-refractivity contribution in [1.29, 1.82) is 0 Å². The summed E-state index contributed by atoms with van der Waals surface area (Å²) in [4.78, 5) is 0.271. The van der Waals surface area contributed by atoms with E-state index in [1.165, 1.54) is 18.4 Å². The molecule has 0 saturated heterocycles. The molecule has 1 aromatic heterocycles. The van der Waals surface area contributed by atoms with Crippen LogP contribution in [0.25, 0.3) is 0 Å². The maximum absolute atomic E-state index is 12.1. The maximum Gasteiger partial charge on any atom is 0.240 e. The molecule has 0 spiro atoms. The molecule has 0 amide bonds. The predicted molar refractivity (Wildman–Crippen MR) is 75.1 cm³/mol. The van der Waals surface area contributed by atoms with Gasteiger partial charge in [-0.25, -0.2) is 13.1 Å². The normalized spacial score (nSPS) is 11.4. The number of furan rings is 1. The molecular weight excluding hydrogens is 284 g/mol. The van der Waals surface area contributed by atoms with Crippen LogP contribution in [0.3, 0.4) is 0 Å². The smallest absolute Gasteiger partial charge is 0.240 e. The summed E-state index contributed by atoms with van der Waals surface area (Å²) in [5, 5.41) is 0. The van der Waals surface area contributed by atoms with E-state index in [0.29, 0.717) is 11.3 Å². The number of hydrogen-bond donors (Lipinski definition) is 2. The molecule has 2 aromatic rings. The first-order valence-electron chi connectivity index (χ1n) is 5.41. The Labute approximate surface area is 116 Å². The summed E-state index contributed by atoms with van der Waals surface area (Å²) in [6.45, 7) is 0.0899. The summed E-state index contributed by atoms with van der Waals surface area (Å²) in [5.41, 5.74) is 5.99. The van der Waals surface area contributed by atoms with Crippen molar-refractivity contribution in [3.8, 4) is 0 Å². The van der Waals surface area contributed by atoms with Gasteiger partial charge in [-0.05, 0) is 24.3 Å². The average molecular weight is 296 g/mol. The molecule has 7 heteroatoms. The third kappa shape index (κ3) is 3.40. The molecule has 1 aromatic carbocycles. The lowest BCUT2D eigenvalue weighted by molar-refractivity contribution is 0.498. The highest BCUT2D eigenvalue weighted by atomic mass is 32.2. The van der Waals surface area contributed by atoms with Crippen molar-refractivity contribution in [1.82, 2.24) is 4.72 Å². The van der Waals surface area contributed by atoms with E-state index in [0.717, 1.165) is 0 Å². The molecule has 0 aliphatic heterocycles. The number of rotatable bonds is 5. The van der Waals surface area contributed by atoms with Crippen molar-refractivity contribution < 1.29 is 12.8 Å². The van der Waals surface area contributed by atoms with E-state index < -0.39 is 10.0 Å². The minimum atomic E-state index is -3.62. The van der Waals surface area contributed by atoms with Gasteiger partial charge in [0.25, 0.3) is 0 Å². The summed E-state index contributed by atoms with van der Waals surface area (Å²) >= 11 is 4.82. The van der Waals surface area contributed by atoms with Crippen LogP contribution in [0, 0.1) is 0 Å². The summed E-state index contributed by atoms with van der Waals surface area (Å²) in [6.07, 6.45) is 1.48. The van der Waals surface area contributed by atoms with Gasteiger partial charge in [-0.1, -0.05) is 24.4 Å². The molecule has 19 heavy (non-hydrogen) atoms. The predicted octanol–water partition coefficient (Wildman–Crippen LogP) is 1.39. The van der Waals surface area contributed by atoms with E-state index in [9.17, 15) is 8.42 Å². The number of thiocarbonyl (C=S) groups is 1. The van der Waals surface area contributed by atoms with Gasteiger partial charge in [0.05, 0.1) is 17.7 Å². The standard InChI is InChI=1S/C12H12N2O3S2/c13-12(18)9-3-1-5-11(7-9)19(15,16)14-8-10-4-2-6-17-10/h1-7,14H,8H2,(H2,13,18). The first-order chi connectivity index (χ1) is 8.99. The van der Waals surface area contributed by atoms with E-state index in [-0.39, 0.29) is 16.4 Å². The lowest BCUT2D eigenvalue weighted by atomic mass is 10.2. The Hall–Kier alpha value is -1.70. The Bertz CT molecular complexity index is 679. The molecule has 100 valence electrons. The molecular formula is C12H12N2O3S2. The van der Waals surface area contributed by atoms with E-state index in [4.69, 9.17) is 22.4 Å². The first-order valence-corrected chi connectivity index (χ1v) is 7.30. The summed E-state index contributed by atoms with van der Waals surface area (Å²) < 4.78 is 31.6. The SMILES string of the molecule is NC(=S)c1cccc(S(=O)(=O)NCc2ccco2)c1. The molecule has 0 aliphatic carbocycles. The Balaban J connectivity index is 2.19. The molecule has 0 radical (unpaired) electrons. The molecule has 1 heterocycles. The van der Waals surface area contributed by atoms with Crippen LogP contribution >= 0.6 is 12.2 Å². The molecule has 0 atom stereocenters. The zero-order chi connectivity index (χ0) is 13.9. The topological polar surface area (TPSA) is 85.3 Å². The van der Waals surface area contributed by atoms with Crippen LogP contribution in [0.15, 0.2) is 52.0 Å². The van der Waals surface area contributed by atoms with Crippen LogP contribution in [-0.4, -0.2) is 13.4 Å². The maximum atomic E-state index is 12.1. The Kier molecular flexibility index (Phi) is 3.98. The Morgan fingerprint density at radius 3 is 2.74 bits per heavy atom. The Morgan fingerprint density at radius 2 is 2.11 bits per heavy atom. The van der Waals surface area contributed by atoms with Crippen LogP contribution < -0.4 is 10.5 Å². The first kappa shape index (κ1) is 13.7. The monoisotopic (exact) mass is 296 g/mol. The number of nitrogens with two attached hydrogens (primary N) is 1. The summed E-state index contributed by atoms with van der Waals surface area (Å²) in [5.74, 6) is 0.536. The van der Waals surface area contributed by atoms with Gasteiger partial charge in [0.1, 0.15) is 10.7 Å². The zero-order valence-corrected chi connectivity index (χ0v) is 11.5. The van der Waals surface area contributed by atoms with Crippen LogP contribution in [0.2, 0.25) is 0 Å². The molecule has 5 nitrogen and oxygen atoms in total. The van der Waals surface area contributed by atoms with Crippen molar-refractivity contribution in [3.05, 3.63) is 54.0 Å². The number of nitrogens with one attached hydrogen (secondary N) is 1. The van der Waals surface area contributed by atoms with Crippen molar-refractivity contribution >= 4 is 27.2 Å². The van der Waals surface area contributed by atoms with E-state index in [1.54, 1.807) is 24.3 Å². The average Bonchev–Trinajstić information content (AvgIpc) is 2.90. The third-order valence-corrected chi connectivity index (χ3v) is 4.08. The minimum Gasteiger partial charge on any atom is -0.468 e. The number of benzene rings is 1. The van der Waals surface area contributed by atoms with Gasteiger partial charge in [-0.3, -0.25) is 0 Å². The third-order valence-electron chi connectivity index (χ3n) is 2.45. The molecule has 3 N–H and O–H groups in total. The second-order valence-electron chi connectivity index (χ2n) is 3.80. The van der Waals surface area contributed by atoms with Crippen LogP contribution in [0.1, 0.15) is 11.3 Å². The number of hydrogen-bond acceptors (Lipinski definition) is 4. The lowest BCUT2D eigenvalue weighted by Crippen LogP contribution is -2.23. The minimum absolute atomic E-state index is 0.0899. The largest absolute Gasteiger partial charge is 0.468 e. The summed E-state index contributed by atoms with van der Waals surface area (Å²) in [7, 11) is -3.62. The quantitative estimate of drug-likeness (QED) is 0.814. The van der Waals surface area contributed by atoms with Crippen molar-refractivity contribution in [2.45, 2.75) is 11.4 Å². The van der Waals surface area contributed by atoms with Gasteiger partial charge < -0.3 is 10.2 Å². The van der Waals surface area contributed by atoms with Gasteiger partial charge in [-0.15, -0.1) is 0 Å². The van der Waals surface area contributed by atoms with Gasteiger partial charge >= 0.3 is 0 Å². The van der Waals surface area contributed by atoms with Crippen molar-refractivity contribution in [2.75, 3.05) is 0 Å². The zero-order valence-electron chi connectivity index (χ0n) is 9.87.